The number of nitrogens with zero attached hydrogens (tertiary/aromatic N) is 3. The Morgan fingerprint density at radius 2 is 1.74 bits per heavy atom. The van der Waals surface area contributed by atoms with Crippen LogP contribution in [0.2, 0.25) is 0 Å². The number of nitrogen functional groups attached to an aromatic ring is 1. The minimum absolute atomic E-state index is 0.103. The first-order chi connectivity index (χ1) is 13.2. The fourth-order valence-corrected chi connectivity index (χ4v) is 2.72. The van der Waals surface area contributed by atoms with E-state index in [9.17, 15) is 4.79 Å². The molecule has 0 saturated heterocycles. The van der Waals surface area contributed by atoms with Gasteiger partial charge in [-0.1, -0.05) is 48.4 Å². The Morgan fingerprint density at radius 1 is 0.963 bits per heavy atom. The topological polar surface area (TPSA) is 73.3 Å². The van der Waals surface area contributed by atoms with Crippen molar-refractivity contribution >= 4 is 17.2 Å². The van der Waals surface area contributed by atoms with Gasteiger partial charge in [-0.3, -0.25) is 4.79 Å². The molecule has 0 radical (unpaired) electrons. The molecule has 0 fully saturated rings. The maximum absolute atomic E-state index is 12.3. The minimum Gasteiger partial charge on any atom is -0.382 e. The van der Waals surface area contributed by atoms with Gasteiger partial charge in [0.15, 0.2) is 11.4 Å². The number of Topliss-reactive ketones (excluding diaryl/α,β-unsaturated/α-hetero) is 1. The normalized spacial score (nSPS) is 10.4. The number of hydrogen-bond donors (Lipinski definition) is 1. The number of aromatic nitrogens is 3. The van der Waals surface area contributed by atoms with Gasteiger partial charge in [0.2, 0.25) is 0 Å². The summed E-state index contributed by atoms with van der Waals surface area (Å²) in [5.74, 6) is 6.64. The van der Waals surface area contributed by atoms with Gasteiger partial charge in [-0.2, -0.15) is 5.10 Å². The molecule has 0 aliphatic heterocycles. The average Bonchev–Trinajstić information content (AvgIpc) is 3.07. The number of anilines is 1. The van der Waals surface area contributed by atoms with Crippen LogP contribution in [0.25, 0.3) is 5.65 Å². The summed E-state index contributed by atoms with van der Waals surface area (Å²) < 4.78 is 1.61. The predicted molar refractivity (Wildman–Crippen MR) is 104 cm³/mol. The van der Waals surface area contributed by atoms with Crippen LogP contribution in [0.1, 0.15) is 27.2 Å². The van der Waals surface area contributed by atoms with E-state index in [0.717, 1.165) is 16.7 Å². The van der Waals surface area contributed by atoms with Crippen molar-refractivity contribution in [3.8, 4) is 11.8 Å². The molecule has 0 atom stereocenters. The minimum atomic E-state index is 0.103. The van der Waals surface area contributed by atoms with E-state index in [1.165, 1.54) is 0 Å². The second-order valence-electron chi connectivity index (χ2n) is 6.10. The molecular weight excluding hydrogens is 336 g/mol. The molecule has 0 bridgehead atoms. The number of nitrogens with two attached hydrogens (primary N) is 1. The smallest absolute Gasteiger partial charge is 0.167 e. The summed E-state index contributed by atoms with van der Waals surface area (Å²) in [6, 6.07) is 20.6. The van der Waals surface area contributed by atoms with Crippen molar-refractivity contribution in [2.75, 3.05) is 5.73 Å². The first kappa shape index (κ1) is 16.6. The number of carbonyl (C=O) groups excluding carboxylic acids is 1. The number of imidazole rings is 1. The summed E-state index contributed by atoms with van der Waals surface area (Å²) in [5.41, 5.74) is 9.52. The molecule has 27 heavy (non-hydrogen) atoms. The Labute approximate surface area is 156 Å². The van der Waals surface area contributed by atoms with Crippen molar-refractivity contribution in [3.63, 3.8) is 0 Å². The van der Waals surface area contributed by atoms with Crippen LogP contribution < -0.4 is 5.73 Å². The van der Waals surface area contributed by atoms with Gasteiger partial charge >= 0.3 is 0 Å². The lowest BCUT2D eigenvalue weighted by Gasteiger charge is -2.01. The molecule has 2 aromatic carbocycles. The standard InChI is InChI=1S/C22H16N4O/c23-21-15-26-22(24-21)13-12-19(25-26)11-10-16-6-8-17(9-7-16)14-20(27)18-4-2-1-3-5-18/h1-9,12-13,15H,14,23H2. The first-order valence-electron chi connectivity index (χ1n) is 8.48. The molecular formula is C22H16N4O. The van der Waals surface area contributed by atoms with Crippen LogP contribution in [-0.4, -0.2) is 20.4 Å². The maximum atomic E-state index is 12.3. The molecule has 5 nitrogen and oxygen atoms in total. The Hall–Kier alpha value is -3.91. The number of rotatable bonds is 3. The summed E-state index contributed by atoms with van der Waals surface area (Å²) in [5, 5.41) is 4.36. The van der Waals surface area contributed by atoms with Crippen LogP contribution in [0.3, 0.4) is 0 Å². The molecule has 0 saturated carbocycles. The lowest BCUT2D eigenvalue weighted by atomic mass is 10.0. The van der Waals surface area contributed by atoms with Crippen molar-refractivity contribution < 1.29 is 4.79 Å². The van der Waals surface area contributed by atoms with Crippen molar-refractivity contribution in [1.82, 2.24) is 14.6 Å². The van der Waals surface area contributed by atoms with Gasteiger partial charge in [0, 0.05) is 17.5 Å². The highest BCUT2D eigenvalue weighted by atomic mass is 16.1. The van der Waals surface area contributed by atoms with E-state index in [-0.39, 0.29) is 5.78 Å². The van der Waals surface area contributed by atoms with E-state index in [1.807, 2.05) is 66.7 Å². The number of hydrogen-bond acceptors (Lipinski definition) is 4. The zero-order valence-electron chi connectivity index (χ0n) is 14.5. The van der Waals surface area contributed by atoms with Crippen molar-refractivity contribution in [3.05, 3.63) is 95.3 Å². The molecule has 0 unspecified atom stereocenters. The van der Waals surface area contributed by atoms with Crippen molar-refractivity contribution in [2.24, 2.45) is 0 Å². The van der Waals surface area contributed by atoms with Crippen LogP contribution >= 0.6 is 0 Å². The third-order valence-corrected chi connectivity index (χ3v) is 4.09. The molecule has 0 aliphatic carbocycles. The van der Waals surface area contributed by atoms with Gasteiger partial charge in [0.1, 0.15) is 11.5 Å². The SMILES string of the molecule is Nc1cn2nc(C#Cc3ccc(CC(=O)c4ccccc4)cc3)ccc2n1. The van der Waals surface area contributed by atoms with Gasteiger partial charge < -0.3 is 5.73 Å². The quantitative estimate of drug-likeness (QED) is 0.454. The van der Waals surface area contributed by atoms with E-state index in [2.05, 4.69) is 21.9 Å². The Balaban J connectivity index is 1.47. The highest BCUT2D eigenvalue weighted by Gasteiger charge is 2.06. The fourth-order valence-electron chi connectivity index (χ4n) is 2.72. The van der Waals surface area contributed by atoms with Crippen LogP contribution in [0.4, 0.5) is 5.82 Å². The van der Waals surface area contributed by atoms with E-state index in [4.69, 9.17) is 5.73 Å². The largest absolute Gasteiger partial charge is 0.382 e. The van der Waals surface area contributed by atoms with Crippen molar-refractivity contribution in [1.29, 1.82) is 0 Å². The highest BCUT2D eigenvalue weighted by Crippen LogP contribution is 2.10. The van der Waals surface area contributed by atoms with E-state index < -0.39 is 0 Å². The maximum Gasteiger partial charge on any atom is 0.167 e. The fraction of sp³-hybridized carbons (Fsp3) is 0.0455. The van der Waals surface area contributed by atoms with Crippen molar-refractivity contribution in [2.45, 2.75) is 6.42 Å². The molecule has 2 N–H and O–H groups in total. The Morgan fingerprint density at radius 3 is 2.52 bits per heavy atom. The molecule has 2 heterocycles. The Kier molecular flexibility index (Phi) is 4.38. The van der Waals surface area contributed by atoms with Gasteiger partial charge in [0.05, 0.1) is 6.20 Å². The third-order valence-electron chi connectivity index (χ3n) is 4.09. The zero-order valence-corrected chi connectivity index (χ0v) is 14.5. The van der Waals surface area contributed by atoms with Crippen LogP contribution in [-0.2, 0) is 6.42 Å². The van der Waals surface area contributed by atoms with E-state index in [0.29, 0.717) is 23.6 Å². The molecule has 2 aromatic heterocycles. The predicted octanol–water partition coefficient (Wildman–Crippen LogP) is 3.14. The highest BCUT2D eigenvalue weighted by molar-refractivity contribution is 5.97. The molecule has 0 spiro atoms. The summed E-state index contributed by atoms with van der Waals surface area (Å²) in [4.78, 5) is 16.4. The van der Waals surface area contributed by atoms with Crippen LogP contribution in [0.15, 0.2) is 72.9 Å². The third kappa shape index (κ3) is 3.86. The van der Waals surface area contributed by atoms with Crippen LogP contribution in [0.5, 0.6) is 0 Å². The summed E-state index contributed by atoms with van der Waals surface area (Å²) in [7, 11) is 0. The van der Waals surface area contributed by atoms with Crippen LogP contribution in [0, 0.1) is 11.8 Å². The number of benzene rings is 2. The number of carbonyl (C=O) groups is 1. The first-order valence-corrected chi connectivity index (χ1v) is 8.48. The molecule has 0 aliphatic rings. The Bertz CT molecular complexity index is 1170. The molecule has 5 heteroatoms. The lowest BCUT2D eigenvalue weighted by molar-refractivity contribution is 0.0993. The molecule has 4 aromatic rings. The monoisotopic (exact) mass is 352 g/mol. The summed E-state index contributed by atoms with van der Waals surface area (Å²) >= 11 is 0. The summed E-state index contributed by atoms with van der Waals surface area (Å²) in [6.07, 6.45) is 2.02. The van der Waals surface area contributed by atoms with Gasteiger partial charge in [-0.25, -0.2) is 9.50 Å². The van der Waals surface area contributed by atoms with Gasteiger partial charge in [-0.05, 0) is 35.7 Å². The van der Waals surface area contributed by atoms with Gasteiger partial charge in [0.25, 0.3) is 0 Å². The number of ketones is 1. The molecule has 0 amide bonds. The molecule has 4 rings (SSSR count). The number of fused-ring (bicyclic) bond motifs is 1. The second kappa shape index (κ2) is 7.14. The molecule has 130 valence electrons. The van der Waals surface area contributed by atoms with Gasteiger partial charge in [-0.15, -0.1) is 0 Å². The van der Waals surface area contributed by atoms with E-state index in [1.54, 1.807) is 10.7 Å². The average molecular weight is 352 g/mol. The zero-order chi connectivity index (χ0) is 18.6. The summed E-state index contributed by atoms with van der Waals surface area (Å²) in [6.45, 7) is 0. The lowest BCUT2D eigenvalue weighted by Crippen LogP contribution is -2.03. The van der Waals surface area contributed by atoms with E-state index >= 15 is 0 Å². The second-order valence-corrected chi connectivity index (χ2v) is 6.10.